The number of nitrogens with zero attached hydrogens (tertiary/aromatic N) is 4. The summed E-state index contributed by atoms with van der Waals surface area (Å²) in [5, 5.41) is 12.0. The zero-order chi connectivity index (χ0) is 14.9. The maximum Gasteiger partial charge on any atom is 0.147 e. The normalized spacial score (nSPS) is 22.4. The van der Waals surface area contributed by atoms with Crippen molar-refractivity contribution in [2.45, 2.75) is 65.1 Å². The Balaban J connectivity index is 1.63. The van der Waals surface area contributed by atoms with Gasteiger partial charge in [0.2, 0.25) is 0 Å². The van der Waals surface area contributed by atoms with Crippen molar-refractivity contribution >= 4 is 0 Å². The molecule has 1 aliphatic heterocycles. The standard InChI is InChI=1S/C16H29N5/c1-15(2,3)17-11-16(6-4-5-7-16)12-20-8-9-21-13-18-19-14(21)10-20/h13,17H,4-12H2,1-3H3. The second-order valence-corrected chi connectivity index (χ2v) is 7.96. The molecular weight excluding hydrogens is 262 g/mol. The third-order valence-electron chi connectivity index (χ3n) is 4.93. The lowest BCUT2D eigenvalue weighted by Crippen LogP contribution is -2.49. The van der Waals surface area contributed by atoms with E-state index in [1.54, 1.807) is 0 Å². The Morgan fingerprint density at radius 1 is 1.24 bits per heavy atom. The number of rotatable bonds is 4. The van der Waals surface area contributed by atoms with Gasteiger partial charge in [0.25, 0.3) is 0 Å². The van der Waals surface area contributed by atoms with Gasteiger partial charge in [0.05, 0.1) is 6.54 Å². The maximum absolute atomic E-state index is 4.25. The van der Waals surface area contributed by atoms with Crippen molar-refractivity contribution < 1.29 is 0 Å². The first-order valence-electron chi connectivity index (χ1n) is 8.30. The molecule has 1 aliphatic carbocycles. The largest absolute Gasteiger partial charge is 0.315 e. The second kappa shape index (κ2) is 5.69. The van der Waals surface area contributed by atoms with Gasteiger partial charge in [-0.2, -0.15) is 0 Å². The number of nitrogens with one attached hydrogen (secondary N) is 1. The van der Waals surface area contributed by atoms with Crippen LogP contribution in [0.15, 0.2) is 6.33 Å². The van der Waals surface area contributed by atoms with E-state index in [2.05, 4.69) is 45.8 Å². The molecule has 0 spiro atoms. The third-order valence-corrected chi connectivity index (χ3v) is 4.93. The molecule has 118 valence electrons. The summed E-state index contributed by atoms with van der Waals surface area (Å²) in [6.45, 7) is 12.2. The van der Waals surface area contributed by atoms with E-state index in [0.29, 0.717) is 5.41 Å². The van der Waals surface area contributed by atoms with E-state index >= 15 is 0 Å². The molecule has 1 aromatic rings. The highest BCUT2D eigenvalue weighted by molar-refractivity contribution is 4.95. The highest BCUT2D eigenvalue weighted by Gasteiger charge is 2.37. The molecule has 21 heavy (non-hydrogen) atoms. The van der Waals surface area contributed by atoms with E-state index in [-0.39, 0.29) is 5.54 Å². The molecule has 0 radical (unpaired) electrons. The Bertz CT molecular complexity index is 467. The van der Waals surface area contributed by atoms with Gasteiger partial charge in [-0.25, -0.2) is 0 Å². The van der Waals surface area contributed by atoms with Gasteiger partial charge in [-0.3, -0.25) is 4.90 Å². The molecule has 0 bridgehead atoms. The van der Waals surface area contributed by atoms with Crippen molar-refractivity contribution in [1.29, 1.82) is 0 Å². The maximum atomic E-state index is 4.25. The summed E-state index contributed by atoms with van der Waals surface area (Å²) in [4.78, 5) is 2.58. The van der Waals surface area contributed by atoms with Crippen LogP contribution in [0.4, 0.5) is 0 Å². The van der Waals surface area contributed by atoms with E-state index in [4.69, 9.17) is 0 Å². The van der Waals surface area contributed by atoms with E-state index in [1.807, 2.05) is 6.33 Å². The fraction of sp³-hybridized carbons (Fsp3) is 0.875. The summed E-state index contributed by atoms with van der Waals surface area (Å²) in [6, 6.07) is 0. The summed E-state index contributed by atoms with van der Waals surface area (Å²) < 4.78 is 2.19. The number of aromatic nitrogens is 3. The molecule has 3 rings (SSSR count). The lowest BCUT2D eigenvalue weighted by Gasteiger charge is -2.39. The molecule has 1 saturated carbocycles. The summed E-state index contributed by atoms with van der Waals surface area (Å²) >= 11 is 0. The monoisotopic (exact) mass is 291 g/mol. The molecule has 0 aromatic carbocycles. The fourth-order valence-corrected chi connectivity index (χ4v) is 3.69. The van der Waals surface area contributed by atoms with Crippen LogP contribution in [-0.4, -0.2) is 44.8 Å². The average Bonchev–Trinajstić information content (AvgIpc) is 3.05. The van der Waals surface area contributed by atoms with Crippen LogP contribution < -0.4 is 5.32 Å². The average molecular weight is 291 g/mol. The van der Waals surface area contributed by atoms with Gasteiger partial charge in [-0.05, 0) is 39.0 Å². The van der Waals surface area contributed by atoms with Gasteiger partial charge >= 0.3 is 0 Å². The molecule has 5 heteroatoms. The summed E-state index contributed by atoms with van der Waals surface area (Å²) in [5.74, 6) is 1.12. The number of fused-ring (bicyclic) bond motifs is 1. The van der Waals surface area contributed by atoms with E-state index in [9.17, 15) is 0 Å². The Morgan fingerprint density at radius 3 is 2.71 bits per heavy atom. The minimum absolute atomic E-state index is 0.206. The van der Waals surface area contributed by atoms with E-state index in [0.717, 1.165) is 32.0 Å². The van der Waals surface area contributed by atoms with Gasteiger partial charge in [0, 0.05) is 31.7 Å². The molecule has 2 aliphatic rings. The topological polar surface area (TPSA) is 46.0 Å². The molecule has 1 N–H and O–H groups in total. The fourth-order valence-electron chi connectivity index (χ4n) is 3.69. The highest BCUT2D eigenvalue weighted by atomic mass is 15.3. The first-order valence-corrected chi connectivity index (χ1v) is 8.30. The molecule has 0 amide bonds. The molecule has 1 aromatic heterocycles. The molecule has 0 unspecified atom stereocenters. The van der Waals surface area contributed by atoms with Crippen molar-refractivity contribution in [3.8, 4) is 0 Å². The van der Waals surface area contributed by atoms with Crippen LogP contribution in [0.3, 0.4) is 0 Å². The Kier molecular flexibility index (Phi) is 4.06. The SMILES string of the molecule is CC(C)(C)NCC1(CN2CCn3cnnc3C2)CCCC1. The predicted octanol–water partition coefficient (Wildman–Crippen LogP) is 2.04. The quantitative estimate of drug-likeness (QED) is 0.922. The molecule has 5 nitrogen and oxygen atoms in total. The molecule has 2 heterocycles. The molecular formula is C16H29N5. The number of hydrogen-bond acceptors (Lipinski definition) is 4. The zero-order valence-corrected chi connectivity index (χ0v) is 13.7. The van der Waals surface area contributed by atoms with Crippen LogP contribution >= 0.6 is 0 Å². The summed E-state index contributed by atoms with van der Waals surface area (Å²) in [5.41, 5.74) is 0.660. The Hall–Kier alpha value is -0.940. The molecule has 1 fully saturated rings. The van der Waals surface area contributed by atoms with Gasteiger partial charge in [0.15, 0.2) is 0 Å². The third kappa shape index (κ3) is 3.64. The zero-order valence-electron chi connectivity index (χ0n) is 13.7. The smallest absolute Gasteiger partial charge is 0.147 e. The van der Waals surface area contributed by atoms with Crippen LogP contribution in [0, 0.1) is 5.41 Å². The van der Waals surface area contributed by atoms with Crippen molar-refractivity contribution in [2.75, 3.05) is 19.6 Å². The van der Waals surface area contributed by atoms with Crippen molar-refractivity contribution in [3.05, 3.63) is 12.2 Å². The predicted molar refractivity (Wildman–Crippen MR) is 84.0 cm³/mol. The molecule has 0 saturated heterocycles. The van der Waals surface area contributed by atoms with Crippen LogP contribution in [0.5, 0.6) is 0 Å². The summed E-state index contributed by atoms with van der Waals surface area (Å²) in [6.07, 6.45) is 7.35. The van der Waals surface area contributed by atoms with Crippen LogP contribution in [0.1, 0.15) is 52.3 Å². The van der Waals surface area contributed by atoms with Gasteiger partial charge in [-0.1, -0.05) is 12.8 Å². The Morgan fingerprint density at radius 2 is 2.00 bits per heavy atom. The van der Waals surface area contributed by atoms with E-state index in [1.165, 1.54) is 32.2 Å². The molecule has 0 atom stereocenters. The lowest BCUT2D eigenvalue weighted by atomic mass is 9.84. The second-order valence-electron chi connectivity index (χ2n) is 7.96. The van der Waals surface area contributed by atoms with Crippen LogP contribution in [-0.2, 0) is 13.1 Å². The first kappa shape index (κ1) is 15.0. The minimum Gasteiger partial charge on any atom is -0.315 e. The van der Waals surface area contributed by atoms with Crippen molar-refractivity contribution in [2.24, 2.45) is 5.41 Å². The van der Waals surface area contributed by atoms with Gasteiger partial charge in [-0.15, -0.1) is 10.2 Å². The van der Waals surface area contributed by atoms with Crippen LogP contribution in [0.25, 0.3) is 0 Å². The minimum atomic E-state index is 0.206. The van der Waals surface area contributed by atoms with Crippen molar-refractivity contribution in [1.82, 2.24) is 25.0 Å². The summed E-state index contributed by atoms with van der Waals surface area (Å²) in [7, 11) is 0. The first-order chi connectivity index (χ1) is 9.96. The van der Waals surface area contributed by atoms with Gasteiger partial charge < -0.3 is 9.88 Å². The van der Waals surface area contributed by atoms with Gasteiger partial charge in [0.1, 0.15) is 12.2 Å². The van der Waals surface area contributed by atoms with E-state index < -0.39 is 0 Å². The van der Waals surface area contributed by atoms with Crippen molar-refractivity contribution in [3.63, 3.8) is 0 Å². The van der Waals surface area contributed by atoms with Crippen LogP contribution in [0.2, 0.25) is 0 Å². The lowest BCUT2D eigenvalue weighted by molar-refractivity contribution is 0.115. The Labute approximate surface area is 128 Å². The highest BCUT2D eigenvalue weighted by Crippen LogP contribution is 2.39. The number of hydrogen-bond donors (Lipinski definition) is 1.